The second-order valence-electron chi connectivity index (χ2n) is 6.94. The molecule has 0 saturated carbocycles. The molecular formula is C23H20N2O3. The standard InChI is InChI=1S/C23H20N2O3/c1-27-19-10-6-5-9-16(19)21-17(13-24)23(25)28-20-12-15(11-18(26)22(20)21)14-7-3-2-4-8-14/h2-10,15,21H,11-12,25H2,1H3/t15-,21-/m1/s1. The van der Waals surface area contributed by atoms with Crippen molar-refractivity contribution in [3.63, 3.8) is 0 Å². The Balaban J connectivity index is 1.83. The highest BCUT2D eigenvalue weighted by molar-refractivity contribution is 6.00. The third-order valence-electron chi connectivity index (χ3n) is 5.38. The van der Waals surface area contributed by atoms with Gasteiger partial charge in [-0.15, -0.1) is 0 Å². The number of ketones is 1. The van der Waals surface area contributed by atoms with Crippen molar-refractivity contribution in [3.05, 3.63) is 88.5 Å². The van der Waals surface area contributed by atoms with Gasteiger partial charge in [-0.3, -0.25) is 4.79 Å². The van der Waals surface area contributed by atoms with Gasteiger partial charge in [0.2, 0.25) is 5.88 Å². The first-order valence-corrected chi connectivity index (χ1v) is 9.15. The van der Waals surface area contributed by atoms with E-state index in [0.717, 1.165) is 11.1 Å². The van der Waals surface area contributed by atoms with Crippen LogP contribution in [0.1, 0.15) is 35.8 Å². The fourth-order valence-corrected chi connectivity index (χ4v) is 4.08. The molecule has 5 nitrogen and oxygen atoms in total. The molecule has 0 amide bonds. The zero-order valence-corrected chi connectivity index (χ0v) is 15.5. The van der Waals surface area contributed by atoms with Gasteiger partial charge in [0.25, 0.3) is 0 Å². The number of ether oxygens (including phenoxy) is 2. The van der Waals surface area contributed by atoms with Crippen LogP contribution >= 0.6 is 0 Å². The van der Waals surface area contributed by atoms with E-state index < -0.39 is 5.92 Å². The summed E-state index contributed by atoms with van der Waals surface area (Å²) in [5, 5.41) is 9.72. The molecule has 140 valence electrons. The maximum atomic E-state index is 13.2. The van der Waals surface area contributed by atoms with Crippen molar-refractivity contribution < 1.29 is 14.3 Å². The van der Waals surface area contributed by atoms with E-state index in [1.54, 1.807) is 7.11 Å². The minimum Gasteiger partial charge on any atom is -0.496 e. The lowest BCUT2D eigenvalue weighted by molar-refractivity contribution is -0.117. The summed E-state index contributed by atoms with van der Waals surface area (Å²) in [7, 11) is 1.57. The van der Waals surface area contributed by atoms with Crippen molar-refractivity contribution in [2.75, 3.05) is 7.11 Å². The molecule has 1 aliphatic carbocycles. The van der Waals surface area contributed by atoms with Crippen molar-refractivity contribution in [2.24, 2.45) is 5.73 Å². The number of nitrogens with two attached hydrogens (primary N) is 1. The van der Waals surface area contributed by atoms with Crippen molar-refractivity contribution >= 4 is 5.78 Å². The van der Waals surface area contributed by atoms with Crippen LogP contribution in [0.2, 0.25) is 0 Å². The molecule has 0 bridgehead atoms. The fraction of sp³-hybridized carbons (Fsp3) is 0.217. The first-order valence-electron chi connectivity index (χ1n) is 9.15. The SMILES string of the molecule is COc1ccccc1[C@@H]1C(C#N)=C(N)OC2=C1C(=O)C[C@@H](c1ccccc1)C2. The van der Waals surface area contributed by atoms with Crippen molar-refractivity contribution in [2.45, 2.75) is 24.7 Å². The number of carbonyl (C=O) groups excluding carboxylic acids is 1. The fourth-order valence-electron chi connectivity index (χ4n) is 4.08. The van der Waals surface area contributed by atoms with E-state index in [9.17, 15) is 10.1 Å². The van der Waals surface area contributed by atoms with E-state index in [1.165, 1.54) is 0 Å². The summed E-state index contributed by atoms with van der Waals surface area (Å²) in [6.07, 6.45) is 0.937. The van der Waals surface area contributed by atoms with Crippen molar-refractivity contribution in [3.8, 4) is 11.8 Å². The van der Waals surface area contributed by atoms with E-state index >= 15 is 0 Å². The van der Waals surface area contributed by atoms with Gasteiger partial charge in [-0.2, -0.15) is 5.26 Å². The number of carbonyl (C=O) groups is 1. The Morgan fingerprint density at radius 2 is 1.82 bits per heavy atom. The molecular weight excluding hydrogens is 352 g/mol. The molecule has 0 unspecified atom stereocenters. The van der Waals surface area contributed by atoms with Crippen LogP contribution in [0, 0.1) is 11.3 Å². The van der Waals surface area contributed by atoms with Gasteiger partial charge in [0.15, 0.2) is 5.78 Å². The number of nitriles is 1. The first kappa shape index (κ1) is 17.9. The number of benzene rings is 2. The smallest absolute Gasteiger partial charge is 0.205 e. The highest BCUT2D eigenvalue weighted by Crippen LogP contribution is 2.48. The van der Waals surface area contributed by atoms with Crippen LogP contribution in [-0.2, 0) is 9.53 Å². The largest absolute Gasteiger partial charge is 0.496 e. The van der Waals surface area contributed by atoms with Crippen molar-refractivity contribution in [1.29, 1.82) is 5.26 Å². The van der Waals surface area contributed by atoms with Crippen LogP contribution in [0.5, 0.6) is 5.75 Å². The second-order valence-corrected chi connectivity index (χ2v) is 6.94. The van der Waals surface area contributed by atoms with Gasteiger partial charge in [0.1, 0.15) is 23.2 Å². The number of hydrogen-bond acceptors (Lipinski definition) is 5. The number of allylic oxidation sites excluding steroid dienone is 3. The molecule has 5 heteroatoms. The second kappa shape index (κ2) is 7.24. The predicted octanol–water partition coefficient (Wildman–Crippen LogP) is 3.90. The van der Waals surface area contributed by atoms with Crippen LogP contribution in [-0.4, -0.2) is 12.9 Å². The molecule has 2 aliphatic rings. The predicted molar refractivity (Wildman–Crippen MR) is 104 cm³/mol. The average Bonchev–Trinajstić information content (AvgIpc) is 2.73. The summed E-state index contributed by atoms with van der Waals surface area (Å²) < 4.78 is 11.3. The highest BCUT2D eigenvalue weighted by atomic mass is 16.5. The monoisotopic (exact) mass is 372 g/mol. The molecule has 1 aliphatic heterocycles. The van der Waals surface area contributed by atoms with Crippen LogP contribution in [0.4, 0.5) is 0 Å². The number of nitrogens with zero attached hydrogens (tertiary/aromatic N) is 1. The first-order chi connectivity index (χ1) is 13.6. The minimum absolute atomic E-state index is 0.0220. The summed E-state index contributed by atoms with van der Waals surface area (Å²) in [6, 6.07) is 19.4. The average molecular weight is 372 g/mol. The quantitative estimate of drug-likeness (QED) is 0.883. The summed E-state index contributed by atoms with van der Waals surface area (Å²) in [6.45, 7) is 0. The van der Waals surface area contributed by atoms with E-state index in [2.05, 4.69) is 6.07 Å². The molecule has 28 heavy (non-hydrogen) atoms. The Bertz CT molecular complexity index is 1030. The summed E-state index contributed by atoms with van der Waals surface area (Å²) in [4.78, 5) is 13.2. The van der Waals surface area contributed by atoms with Crippen LogP contribution in [0.3, 0.4) is 0 Å². The number of rotatable bonds is 3. The van der Waals surface area contributed by atoms with Crippen molar-refractivity contribution in [1.82, 2.24) is 0 Å². The van der Waals surface area contributed by atoms with Gasteiger partial charge in [-0.25, -0.2) is 0 Å². The number of Topliss-reactive ketones (excluding diaryl/α,β-unsaturated/α-hetero) is 1. The third-order valence-corrected chi connectivity index (χ3v) is 5.38. The number of para-hydroxylation sites is 1. The van der Waals surface area contributed by atoms with E-state index in [-0.39, 0.29) is 23.2 Å². The van der Waals surface area contributed by atoms with Gasteiger partial charge in [0, 0.05) is 24.0 Å². The number of hydrogen-bond donors (Lipinski definition) is 1. The summed E-state index contributed by atoms with van der Waals surface area (Å²) in [5.41, 5.74) is 8.69. The normalized spacial score (nSPS) is 21.6. The Labute approximate surface area is 163 Å². The molecule has 2 N–H and O–H groups in total. The van der Waals surface area contributed by atoms with E-state index in [0.29, 0.717) is 29.9 Å². The van der Waals surface area contributed by atoms with Gasteiger partial charge < -0.3 is 15.2 Å². The molecule has 2 aromatic rings. The zero-order chi connectivity index (χ0) is 19.7. The maximum absolute atomic E-state index is 13.2. The molecule has 0 saturated heterocycles. The van der Waals surface area contributed by atoms with Gasteiger partial charge in [-0.1, -0.05) is 48.5 Å². The molecule has 1 heterocycles. The van der Waals surface area contributed by atoms with Crippen LogP contribution in [0.25, 0.3) is 0 Å². The Morgan fingerprint density at radius 1 is 1.11 bits per heavy atom. The number of methoxy groups -OCH3 is 1. The third kappa shape index (κ3) is 2.93. The molecule has 0 radical (unpaired) electrons. The molecule has 2 aromatic carbocycles. The summed E-state index contributed by atoms with van der Waals surface area (Å²) >= 11 is 0. The van der Waals surface area contributed by atoms with Gasteiger partial charge in [0.05, 0.1) is 13.0 Å². The zero-order valence-electron chi connectivity index (χ0n) is 15.5. The molecule has 0 aromatic heterocycles. The highest BCUT2D eigenvalue weighted by Gasteiger charge is 2.41. The topological polar surface area (TPSA) is 85.3 Å². The van der Waals surface area contributed by atoms with E-state index in [1.807, 2.05) is 54.6 Å². The van der Waals surface area contributed by atoms with Gasteiger partial charge in [-0.05, 0) is 17.5 Å². The Morgan fingerprint density at radius 3 is 2.54 bits per heavy atom. The van der Waals surface area contributed by atoms with Crippen LogP contribution < -0.4 is 10.5 Å². The molecule has 4 rings (SSSR count). The lowest BCUT2D eigenvalue weighted by Crippen LogP contribution is -2.30. The lowest BCUT2D eigenvalue weighted by atomic mass is 9.73. The minimum atomic E-state index is -0.575. The Hall–Kier alpha value is -3.52. The van der Waals surface area contributed by atoms with Gasteiger partial charge >= 0.3 is 0 Å². The van der Waals surface area contributed by atoms with Crippen LogP contribution in [0.15, 0.2) is 77.4 Å². The molecule has 0 spiro atoms. The molecule has 2 atom stereocenters. The summed E-state index contributed by atoms with van der Waals surface area (Å²) in [5.74, 6) is 0.651. The van der Waals surface area contributed by atoms with E-state index in [4.69, 9.17) is 15.2 Å². The Kier molecular flexibility index (Phi) is 4.62. The molecule has 0 fully saturated rings. The lowest BCUT2D eigenvalue weighted by Gasteiger charge is -2.34. The maximum Gasteiger partial charge on any atom is 0.205 e.